The van der Waals surface area contributed by atoms with Gasteiger partial charge in [-0.1, -0.05) is 13.0 Å². The maximum atomic E-state index is 13.2. The first-order valence-corrected chi connectivity index (χ1v) is 7.37. The summed E-state index contributed by atoms with van der Waals surface area (Å²) in [4.78, 5) is 8.85. The maximum absolute atomic E-state index is 13.2. The highest BCUT2D eigenvalue weighted by molar-refractivity contribution is 5.28. The Morgan fingerprint density at radius 1 is 1.19 bits per heavy atom. The minimum absolute atomic E-state index is 0.0507. The zero-order valence-corrected chi connectivity index (χ0v) is 12.9. The number of halogens is 1. The van der Waals surface area contributed by atoms with Crippen LogP contribution in [0.4, 0.5) is 4.39 Å². The van der Waals surface area contributed by atoms with Crippen LogP contribution in [-0.2, 0) is 6.42 Å². The van der Waals surface area contributed by atoms with Gasteiger partial charge in [0.2, 0.25) is 0 Å². The molecule has 0 radical (unpaired) electrons. The van der Waals surface area contributed by atoms with E-state index in [-0.39, 0.29) is 11.9 Å². The SMILES string of the molecule is CCCNC(Cc1ccc(F)cc1C)c1ncc(C)cn1. The summed E-state index contributed by atoms with van der Waals surface area (Å²) >= 11 is 0. The number of hydrogen-bond donors (Lipinski definition) is 1. The van der Waals surface area contributed by atoms with Crippen LogP contribution in [0.25, 0.3) is 0 Å². The lowest BCUT2D eigenvalue weighted by Crippen LogP contribution is -2.26. The smallest absolute Gasteiger partial charge is 0.145 e. The Hall–Kier alpha value is -1.81. The molecular formula is C17H22FN3. The van der Waals surface area contributed by atoms with E-state index in [1.54, 1.807) is 6.07 Å². The zero-order valence-electron chi connectivity index (χ0n) is 12.9. The first-order chi connectivity index (χ1) is 10.1. The monoisotopic (exact) mass is 287 g/mol. The van der Waals surface area contributed by atoms with Crippen LogP contribution in [0.3, 0.4) is 0 Å². The van der Waals surface area contributed by atoms with Crippen molar-refractivity contribution in [2.24, 2.45) is 0 Å². The van der Waals surface area contributed by atoms with Gasteiger partial charge in [0, 0.05) is 12.4 Å². The molecule has 0 amide bonds. The van der Waals surface area contributed by atoms with E-state index >= 15 is 0 Å². The van der Waals surface area contributed by atoms with Crippen molar-refractivity contribution in [1.82, 2.24) is 15.3 Å². The molecule has 21 heavy (non-hydrogen) atoms. The molecule has 2 rings (SSSR count). The van der Waals surface area contributed by atoms with Crippen molar-refractivity contribution in [3.8, 4) is 0 Å². The average Bonchev–Trinajstić information content (AvgIpc) is 2.46. The number of aryl methyl sites for hydroxylation is 2. The predicted molar refractivity (Wildman–Crippen MR) is 82.6 cm³/mol. The van der Waals surface area contributed by atoms with Crippen molar-refractivity contribution in [3.05, 3.63) is 58.9 Å². The molecule has 0 bridgehead atoms. The standard InChI is InChI=1S/C17H22FN3/c1-4-7-19-16(17-20-10-12(2)11-21-17)9-14-5-6-15(18)8-13(14)3/h5-6,8,10-11,16,19H,4,7,9H2,1-3H3. The van der Waals surface area contributed by atoms with Crippen molar-refractivity contribution < 1.29 is 4.39 Å². The molecule has 1 atom stereocenters. The molecule has 1 unspecified atom stereocenters. The van der Waals surface area contributed by atoms with Gasteiger partial charge in [0.1, 0.15) is 11.6 Å². The van der Waals surface area contributed by atoms with Crippen LogP contribution < -0.4 is 5.32 Å². The molecule has 0 fully saturated rings. The Balaban J connectivity index is 2.21. The van der Waals surface area contributed by atoms with Crippen LogP contribution in [-0.4, -0.2) is 16.5 Å². The van der Waals surface area contributed by atoms with Gasteiger partial charge in [0.15, 0.2) is 0 Å². The Morgan fingerprint density at radius 3 is 2.52 bits per heavy atom. The van der Waals surface area contributed by atoms with E-state index in [1.165, 1.54) is 6.07 Å². The van der Waals surface area contributed by atoms with E-state index in [9.17, 15) is 4.39 Å². The molecule has 0 aliphatic carbocycles. The zero-order chi connectivity index (χ0) is 15.2. The quantitative estimate of drug-likeness (QED) is 0.883. The van der Waals surface area contributed by atoms with Gasteiger partial charge in [0.05, 0.1) is 6.04 Å². The molecule has 1 aromatic carbocycles. The van der Waals surface area contributed by atoms with Gasteiger partial charge >= 0.3 is 0 Å². The molecule has 0 spiro atoms. The van der Waals surface area contributed by atoms with Crippen LogP contribution in [0.2, 0.25) is 0 Å². The highest BCUT2D eigenvalue weighted by Crippen LogP contribution is 2.19. The highest BCUT2D eigenvalue weighted by Gasteiger charge is 2.15. The number of aromatic nitrogens is 2. The second kappa shape index (κ2) is 7.27. The van der Waals surface area contributed by atoms with Crippen LogP contribution in [0.1, 0.15) is 41.9 Å². The molecule has 0 aliphatic rings. The fourth-order valence-corrected chi connectivity index (χ4v) is 2.26. The summed E-state index contributed by atoms with van der Waals surface area (Å²) in [6.07, 6.45) is 5.47. The Bertz CT molecular complexity index is 581. The van der Waals surface area contributed by atoms with Crippen LogP contribution >= 0.6 is 0 Å². The molecule has 0 aliphatic heterocycles. The van der Waals surface area contributed by atoms with E-state index in [0.29, 0.717) is 0 Å². The second-order valence-corrected chi connectivity index (χ2v) is 5.40. The highest BCUT2D eigenvalue weighted by atomic mass is 19.1. The molecule has 1 N–H and O–H groups in total. The Morgan fingerprint density at radius 2 is 1.90 bits per heavy atom. The lowest BCUT2D eigenvalue weighted by molar-refractivity contribution is 0.502. The van der Waals surface area contributed by atoms with Crippen molar-refractivity contribution in [2.75, 3.05) is 6.54 Å². The molecular weight excluding hydrogens is 265 g/mol. The van der Waals surface area contributed by atoms with Gasteiger partial charge < -0.3 is 5.32 Å². The average molecular weight is 287 g/mol. The molecule has 3 nitrogen and oxygen atoms in total. The molecule has 1 heterocycles. The molecule has 0 saturated heterocycles. The Labute approximate surface area is 125 Å². The topological polar surface area (TPSA) is 37.8 Å². The first kappa shape index (κ1) is 15.6. The fraction of sp³-hybridized carbons (Fsp3) is 0.412. The fourth-order valence-electron chi connectivity index (χ4n) is 2.26. The summed E-state index contributed by atoms with van der Waals surface area (Å²) in [6.45, 7) is 6.94. The van der Waals surface area contributed by atoms with E-state index < -0.39 is 0 Å². The second-order valence-electron chi connectivity index (χ2n) is 5.40. The maximum Gasteiger partial charge on any atom is 0.145 e. The molecule has 112 valence electrons. The summed E-state index contributed by atoms with van der Waals surface area (Å²) in [5, 5.41) is 3.48. The van der Waals surface area contributed by atoms with Gasteiger partial charge in [-0.05, 0) is 62.1 Å². The van der Waals surface area contributed by atoms with Gasteiger partial charge in [-0.3, -0.25) is 0 Å². The number of hydrogen-bond acceptors (Lipinski definition) is 3. The van der Waals surface area contributed by atoms with E-state index in [1.807, 2.05) is 32.3 Å². The lowest BCUT2D eigenvalue weighted by atomic mass is 10.00. The first-order valence-electron chi connectivity index (χ1n) is 7.37. The van der Waals surface area contributed by atoms with Crippen molar-refractivity contribution in [1.29, 1.82) is 0 Å². The van der Waals surface area contributed by atoms with E-state index in [0.717, 1.165) is 41.9 Å². The summed E-state index contributed by atoms with van der Waals surface area (Å²) in [7, 11) is 0. The third-order valence-electron chi connectivity index (χ3n) is 3.48. The van der Waals surface area contributed by atoms with Gasteiger partial charge in [-0.2, -0.15) is 0 Å². The third-order valence-corrected chi connectivity index (χ3v) is 3.48. The summed E-state index contributed by atoms with van der Waals surface area (Å²) < 4.78 is 13.2. The lowest BCUT2D eigenvalue weighted by Gasteiger charge is -2.18. The predicted octanol–water partition coefficient (Wildman–Crippen LogP) is 3.52. The molecule has 4 heteroatoms. The van der Waals surface area contributed by atoms with E-state index in [2.05, 4.69) is 22.2 Å². The molecule has 0 saturated carbocycles. The van der Waals surface area contributed by atoms with Crippen molar-refractivity contribution in [3.63, 3.8) is 0 Å². The van der Waals surface area contributed by atoms with Gasteiger partial charge in [-0.15, -0.1) is 0 Å². The number of rotatable bonds is 6. The van der Waals surface area contributed by atoms with E-state index in [4.69, 9.17) is 0 Å². The Kier molecular flexibility index (Phi) is 5.39. The summed E-state index contributed by atoms with van der Waals surface area (Å²) in [5.74, 6) is 0.596. The number of nitrogens with one attached hydrogen (secondary N) is 1. The minimum Gasteiger partial charge on any atom is -0.307 e. The summed E-state index contributed by atoms with van der Waals surface area (Å²) in [6, 6.07) is 4.98. The van der Waals surface area contributed by atoms with Crippen LogP contribution in [0.15, 0.2) is 30.6 Å². The van der Waals surface area contributed by atoms with Crippen LogP contribution in [0.5, 0.6) is 0 Å². The minimum atomic E-state index is -0.194. The van der Waals surface area contributed by atoms with Gasteiger partial charge in [-0.25, -0.2) is 14.4 Å². The normalized spacial score (nSPS) is 12.4. The number of nitrogens with zero attached hydrogens (tertiary/aromatic N) is 2. The number of benzene rings is 1. The molecule has 1 aromatic heterocycles. The summed E-state index contributed by atoms with van der Waals surface area (Å²) in [5.41, 5.74) is 3.13. The van der Waals surface area contributed by atoms with Gasteiger partial charge in [0.25, 0.3) is 0 Å². The largest absolute Gasteiger partial charge is 0.307 e. The van der Waals surface area contributed by atoms with Crippen molar-refractivity contribution >= 4 is 0 Å². The van der Waals surface area contributed by atoms with Crippen molar-refractivity contribution in [2.45, 2.75) is 39.7 Å². The third kappa shape index (κ3) is 4.33. The molecule has 2 aromatic rings. The van der Waals surface area contributed by atoms with Crippen LogP contribution in [0, 0.1) is 19.7 Å².